The van der Waals surface area contributed by atoms with Gasteiger partial charge in [0, 0.05) is 6.21 Å². The standard InChI is InChI=1S/C12H17NO5/c1-17-10-3-8(4-11(18-2)12(10)16)5-13-9(6-14)7-15/h3-5,9,14-16H,6-7H2,1-2H3/b13-5+. The molecule has 1 rings (SSSR count). The minimum Gasteiger partial charge on any atom is -0.502 e. The van der Waals surface area contributed by atoms with Crippen molar-refractivity contribution in [1.29, 1.82) is 0 Å². The summed E-state index contributed by atoms with van der Waals surface area (Å²) in [6, 6.07) is 2.59. The number of hydrogen-bond acceptors (Lipinski definition) is 6. The van der Waals surface area contributed by atoms with Crippen molar-refractivity contribution in [2.75, 3.05) is 27.4 Å². The number of phenols is 1. The zero-order chi connectivity index (χ0) is 13.5. The van der Waals surface area contributed by atoms with Crippen LogP contribution in [0.15, 0.2) is 17.1 Å². The van der Waals surface area contributed by atoms with Crippen LogP contribution in [0.3, 0.4) is 0 Å². The Morgan fingerprint density at radius 3 is 2.06 bits per heavy atom. The van der Waals surface area contributed by atoms with Crippen LogP contribution in [0.4, 0.5) is 0 Å². The largest absolute Gasteiger partial charge is 0.502 e. The maximum absolute atomic E-state index is 9.71. The third-order valence-electron chi connectivity index (χ3n) is 2.36. The molecule has 0 saturated carbocycles. The smallest absolute Gasteiger partial charge is 0.200 e. The van der Waals surface area contributed by atoms with Crippen LogP contribution in [0.5, 0.6) is 17.2 Å². The molecule has 0 heterocycles. The lowest BCUT2D eigenvalue weighted by atomic mass is 10.2. The van der Waals surface area contributed by atoms with Crippen molar-refractivity contribution in [3.05, 3.63) is 17.7 Å². The maximum Gasteiger partial charge on any atom is 0.200 e. The third-order valence-corrected chi connectivity index (χ3v) is 2.36. The van der Waals surface area contributed by atoms with E-state index in [1.807, 2.05) is 0 Å². The van der Waals surface area contributed by atoms with Crippen molar-refractivity contribution in [3.8, 4) is 17.2 Å². The number of rotatable bonds is 6. The molecule has 3 N–H and O–H groups in total. The fourth-order valence-corrected chi connectivity index (χ4v) is 1.33. The van der Waals surface area contributed by atoms with Crippen LogP contribution in [0.2, 0.25) is 0 Å². The first-order chi connectivity index (χ1) is 8.65. The van der Waals surface area contributed by atoms with Crippen molar-refractivity contribution in [2.45, 2.75) is 6.04 Å². The Bertz CT molecular complexity index is 390. The summed E-state index contributed by atoms with van der Waals surface area (Å²) in [7, 11) is 2.86. The Kier molecular flexibility index (Phi) is 5.41. The van der Waals surface area contributed by atoms with Gasteiger partial charge in [-0.2, -0.15) is 0 Å². The second-order valence-corrected chi connectivity index (χ2v) is 3.57. The van der Waals surface area contributed by atoms with Crippen molar-refractivity contribution in [2.24, 2.45) is 4.99 Å². The molecular weight excluding hydrogens is 238 g/mol. The minimum absolute atomic E-state index is 0.0852. The van der Waals surface area contributed by atoms with Crippen molar-refractivity contribution < 1.29 is 24.8 Å². The molecule has 6 heteroatoms. The molecule has 0 aliphatic heterocycles. The number of aliphatic imine (C=N–C) groups is 1. The molecule has 0 fully saturated rings. The molecule has 0 atom stereocenters. The van der Waals surface area contributed by atoms with Gasteiger partial charge in [-0.1, -0.05) is 0 Å². The molecule has 0 spiro atoms. The van der Waals surface area contributed by atoms with Crippen LogP contribution in [0.1, 0.15) is 5.56 Å². The monoisotopic (exact) mass is 255 g/mol. The van der Waals surface area contributed by atoms with Gasteiger partial charge in [0.1, 0.15) is 0 Å². The molecule has 0 aromatic heterocycles. The van der Waals surface area contributed by atoms with E-state index >= 15 is 0 Å². The fraction of sp³-hybridized carbons (Fsp3) is 0.417. The van der Waals surface area contributed by atoms with E-state index in [0.717, 1.165) is 0 Å². The van der Waals surface area contributed by atoms with E-state index in [2.05, 4.69) is 4.99 Å². The van der Waals surface area contributed by atoms with Gasteiger partial charge in [-0.05, 0) is 17.7 Å². The van der Waals surface area contributed by atoms with Crippen molar-refractivity contribution in [3.63, 3.8) is 0 Å². The Balaban J connectivity index is 3.02. The Hall–Kier alpha value is -1.79. The Morgan fingerprint density at radius 2 is 1.67 bits per heavy atom. The first-order valence-electron chi connectivity index (χ1n) is 5.36. The lowest BCUT2D eigenvalue weighted by Crippen LogP contribution is -2.15. The van der Waals surface area contributed by atoms with E-state index in [-0.39, 0.29) is 30.5 Å². The number of aromatic hydroxyl groups is 1. The molecule has 0 saturated heterocycles. The molecule has 18 heavy (non-hydrogen) atoms. The Morgan fingerprint density at radius 1 is 1.17 bits per heavy atom. The van der Waals surface area contributed by atoms with Gasteiger partial charge in [0.05, 0.1) is 33.5 Å². The predicted molar refractivity (Wildman–Crippen MR) is 66.8 cm³/mol. The van der Waals surface area contributed by atoms with Gasteiger partial charge in [0.2, 0.25) is 5.75 Å². The van der Waals surface area contributed by atoms with Crippen molar-refractivity contribution in [1.82, 2.24) is 0 Å². The number of hydrogen-bond donors (Lipinski definition) is 3. The number of aliphatic hydroxyl groups is 2. The van der Waals surface area contributed by atoms with E-state index < -0.39 is 6.04 Å². The van der Waals surface area contributed by atoms with Gasteiger partial charge in [0.25, 0.3) is 0 Å². The summed E-state index contributed by atoms with van der Waals surface area (Å²) in [6.45, 7) is -0.474. The molecule has 0 amide bonds. The summed E-state index contributed by atoms with van der Waals surface area (Å²) in [5.41, 5.74) is 0.633. The molecule has 0 bridgehead atoms. The summed E-state index contributed by atoms with van der Waals surface area (Å²) >= 11 is 0. The number of methoxy groups -OCH3 is 2. The highest BCUT2D eigenvalue weighted by molar-refractivity contribution is 5.82. The molecular formula is C12H17NO5. The SMILES string of the molecule is COc1cc(/C=N/C(CO)CO)cc(OC)c1O. The molecule has 0 radical (unpaired) electrons. The quantitative estimate of drug-likeness (QED) is 0.631. The molecule has 1 aromatic rings. The highest BCUT2D eigenvalue weighted by Crippen LogP contribution is 2.36. The number of phenolic OH excluding ortho intramolecular Hbond substituents is 1. The van der Waals surface area contributed by atoms with E-state index in [1.54, 1.807) is 12.1 Å². The van der Waals surface area contributed by atoms with Crippen LogP contribution in [0.25, 0.3) is 0 Å². The number of nitrogens with zero attached hydrogens (tertiary/aromatic N) is 1. The molecule has 0 aliphatic rings. The van der Waals surface area contributed by atoms with Gasteiger partial charge in [0.15, 0.2) is 11.5 Å². The summed E-state index contributed by atoms with van der Waals surface area (Å²) in [4.78, 5) is 3.99. The van der Waals surface area contributed by atoms with Crippen LogP contribution >= 0.6 is 0 Å². The van der Waals surface area contributed by atoms with Gasteiger partial charge >= 0.3 is 0 Å². The normalized spacial score (nSPS) is 11.2. The zero-order valence-corrected chi connectivity index (χ0v) is 10.3. The maximum atomic E-state index is 9.71. The van der Waals surface area contributed by atoms with Gasteiger partial charge < -0.3 is 24.8 Å². The molecule has 0 unspecified atom stereocenters. The van der Waals surface area contributed by atoms with E-state index in [1.165, 1.54) is 20.4 Å². The van der Waals surface area contributed by atoms with Gasteiger partial charge in [-0.3, -0.25) is 4.99 Å². The lowest BCUT2D eigenvalue weighted by molar-refractivity contribution is 0.195. The van der Waals surface area contributed by atoms with Crippen LogP contribution in [-0.4, -0.2) is 55.0 Å². The number of ether oxygens (including phenoxy) is 2. The Labute approximate surface area is 105 Å². The average molecular weight is 255 g/mol. The van der Waals surface area contributed by atoms with E-state index in [0.29, 0.717) is 5.56 Å². The minimum atomic E-state index is -0.559. The fourth-order valence-electron chi connectivity index (χ4n) is 1.33. The molecule has 1 aromatic carbocycles. The average Bonchev–Trinajstić information content (AvgIpc) is 2.41. The molecule has 0 aliphatic carbocycles. The van der Waals surface area contributed by atoms with Crippen molar-refractivity contribution >= 4 is 6.21 Å². The van der Waals surface area contributed by atoms with E-state index in [4.69, 9.17) is 19.7 Å². The molecule has 100 valence electrons. The summed E-state index contributed by atoms with van der Waals surface area (Å²) in [5.74, 6) is 0.443. The lowest BCUT2D eigenvalue weighted by Gasteiger charge is -2.09. The number of aliphatic hydroxyl groups excluding tert-OH is 2. The summed E-state index contributed by atoms with van der Waals surface area (Å²) in [5, 5.41) is 27.5. The van der Waals surface area contributed by atoms with Crippen LogP contribution < -0.4 is 9.47 Å². The van der Waals surface area contributed by atoms with Gasteiger partial charge in [-0.15, -0.1) is 0 Å². The highest BCUT2D eigenvalue weighted by atomic mass is 16.5. The highest BCUT2D eigenvalue weighted by Gasteiger charge is 2.10. The first kappa shape index (κ1) is 14.3. The second-order valence-electron chi connectivity index (χ2n) is 3.57. The summed E-state index contributed by atoms with van der Waals surface area (Å²) < 4.78 is 9.99. The van der Waals surface area contributed by atoms with Crippen LogP contribution in [0, 0.1) is 0 Å². The van der Waals surface area contributed by atoms with Crippen LogP contribution in [-0.2, 0) is 0 Å². The zero-order valence-electron chi connectivity index (χ0n) is 10.3. The number of benzene rings is 1. The molecule has 6 nitrogen and oxygen atoms in total. The van der Waals surface area contributed by atoms with E-state index in [9.17, 15) is 5.11 Å². The first-order valence-corrected chi connectivity index (χ1v) is 5.36. The van der Waals surface area contributed by atoms with Gasteiger partial charge in [-0.25, -0.2) is 0 Å². The predicted octanol–water partition coefficient (Wildman–Crippen LogP) is 0.181. The summed E-state index contributed by atoms with van der Waals surface area (Å²) in [6.07, 6.45) is 1.47. The topological polar surface area (TPSA) is 91.5 Å². The third kappa shape index (κ3) is 3.35. The second kappa shape index (κ2) is 6.83.